The summed E-state index contributed by atoms with van der Waals surface area (Å²) in [5.74, 6) is 1.16. The van der Waals surface area contributed by atoms with Crippen molar-refractivity contribution in [1.82, 2.24) is 4.90 Å². The van der Waals surface area contributed by atoms with E-state index in [9.17, 15) is 4.79 Å². The van der Waals surface area contributed by atoms with Gasteiger partial charge in [-0.25, -0.2) is 4.99 Å². The summed E-state index contributed by atoms with van der Waals surface area (Å²) in [6.45, 7) is 2.43. The Balaban J connectivity index is 1.77. The summed E-state index contributed by atoms with van der Waals surface area (Å²) in [5.41, 5.74) is 6.61. The molecule has 0 unspecified atom stereocenters. The van der Waals surface area contributed by atoms with Crippen molar-refractivity contribution in [1.29, 1.82) is 0 Å². The summed E-state index contributed by atoms with van der Waals surface area (Å²) in [7, 11) is 1.97. The van der Waals surface area contributed by atoms with Gasteiger partial charge in [0.15, 0.2) is 5.96 Å². The van der Waals surface area contributed by atoms with Crippen LogP contribution in [0.2, 0.25) is 0 Å². The van der Waals surface area contributed by atoms with Crippen LogP contribution in [0.15, 0.2) is 29.3 Å². The first-order chi connectivity index (χ1) is 10.1. The number of rotatable bonds is 6. The van der Waals surface area contributed by atoms with Crippen LogP contribution < -0.4 is 15.8 Å². The van der Waals surface area contributed by atoms with Crippen LogP contribution in [0.4, 0.5) is 5.69 Å². The molecule has 0 saturated heterocycles. The first-order valence-electron chi connectivity index (χ1n) is 7.09. The molecule has 6 heteroatoms. The molecule has 3 N–H and O–H groups in total. The van der Waals surface area contributed by atoms with Crippen molar-refractivity contribution in [2.75, 3.05) is 25.5 Å². The number of guanidine groups is 1. The molecule has 0 bridgehead atoms. The molecule has 6 nitrogen and oxygen atoms in total. The van der Waals surface area contributed by atoms with Gasteiger partial charge < -0.3 is 20.7 Å². The van der Waals surface area contributed by atoms with E-state index in [1.54, 1.807) is 6.07 Å². The van der Waals surface area contributed by atoms with Gasteiger partial charge in [0.2, 0.25) is 5.91 Å². The quantitative estimate of drug-likeness (QED) is 0.472. The van der Waals surface area contributed by atoms with Gasteiger partial charge in [-0.3, -0.25) is 4.79 Å². The second-order valence-electron chi connectivity index (χ2n) is 5.14. The Bertz CT molecular complexity index is 526. The zero-order chi connectivity index (χ0) is 15.2. The summed E-state index contributed by atoms with van der Waals surface area (Å²) in [4.78, 5) is 17.3. The minimum atomic E-state index is -0.104. The third-order valence-corrected chi connectivity index (χ3v) is 3.24. The molecule has 1 aromatic rings. The number of nitrogens with two attached hydrogens (primary N) is 1. The average molecular weight is 290 g/mol. The monoisotopic (exact) mass is 290 g/mol. The average Bonchev–Trinajstić information content (AvgIpc) is 3.26. The lowest BCUT2D eigenvalue weighted by molar-refractivity contribution is -0.114. The number of nitrogens with zero attached hydrogens (tertiary/aromatic N) is 2. The molecule has 0 radical (unpaired) electrons. The number of carbonyl (C=O) groups is 1. The van der Waals surface area contributed by atoms with E-state index >= 15 is 0 Å². The van der Waals surface area contributed by atoms with Crippen LogP contribution in [0.1, 0.15) is 19.8 Å². The Morgan fingerprint density at radius 2 is 2.29 bits per heavy atom. The zero-order valence-corrected chi connectivity index (χ0v) is 12.5. The highest BCUT2D eigenvalue weighted by Gasteiger charge is 2.27. The summed E-state index contributed by atoms with van der Waals surface area (Å²) >= 11 is 0. The Hall–Kier alpha value is -2.24. The molecule has 21 heavy (non-hydrogen) atoms. The topological polar surface area (TPSA) is 79.9 Å². The normalized spacial score (nSPS) is 14.7. The van der Waals surface area contributed by atoms with Crippen LogP contribution in [-0.2, 0) is 4.79 Å². The van der Waals surface area contributed by atoms with E-state index in [1.165, 1.54) is 19.8 Å². The molecule has 2 rings (SSSR count). The molecule has 0 atom stereocenters. The number of carbonyl (C=O) groups excluding carboxylic acids is 1. The van der Waals surface area contributed by atoms with Crippen molar-refractivity contribution in [3.63, 3.8) is 0 Å². The predicted octanol–water partition coefficient (Wildman–Crippen LogP) is 1.43. The van der Waals surface area contributed by atoms with Crippen molar-refractivity contribution < 1.29 is 9.53 Å². The SMILES string of the molecule is CC(=O)Nc1cccc(OCCN=C(N)N(C)C2CC2)c1. The third-order valence-electron chi connectivity index (χ3n) is 3.24. The van der Waals surface area contributed by atoms with E-state index in [1.807, 2.05) is 30.1 Å². The van der Waals surface area contributed by atoms with Crippen LogP contribution in [0.3, 0.4) is 0 Å². The number of ether oxygens (including phenoxy) is 1. The summed E-state index contributed by atoms with van der Waals surface area (Å²) in [6.07, 6.45) is 2.39. The van der Waals surface area contributed by atoms with Crippen molar-refractivity contribution >= 4 is 17.6 Å². The minimum absolute atomic E-state index is 0.104. The Kier molecular flexibility index (Phi) is 5.03. The van der Waals surface area contributed by atoms with E-state index in [0.29, 0.717) is 30.9 Å². The maximum absolute atomic E-state index is 11.0. The maximum atomic E-state index is 11.0. The third kappa shape index (κ3) is 4.98. The highest BCUT2D eigenvalue weighted by molar-refractivity contribution is 5.88. The van der Waals surface area contributed by atoms with Gasteiger partial charge in [0, 0.05) is 31.8 Å². The van der Waals surface area contributed by atoms with Gasteiger partial charge in [-0.2, -0.15) is 0 Å². The van der Waals surface area contributed by atoms with E-state index < -0.39 is 0 Å². The van der Waals surface area contributed by atoms with Gasteiger partial charge in [-0.05, 0) is 25.0 Å². The van der Waals surface area contributed by atoms with E-state index in [-0.39, 0.29) is 5.91 Å². The molecule has 0 spiro atoms. The zero-order valence-electron chi connectivity index (χ0n) is 12.5. The fourth-order valence-electron chi connectivity index (χ4n) is 1.95. The smallest absolute Gasteiger partial charge is 0.221 e. The number of benzene rings is 1. The highest BCUT2D eigenvalue weighted by atomic mass is 16.5. The van der Waals surface area contributed by atoms with Crippen molar-refractivity contribution in [2.24, 2.45) is 10.7 Å². The molecule has 1 fully saturated rings. The number of aliphatic imine (C=N–C) groups is 1. The van der Waals surface area contributed by atoms with Crippen LogP contribution >= 0.6 is 0 Å². The highest BCUT2D eigenvalue weighted by Crippen LogP contribution is 2.24. The molecule has 0 aliphatic heterocycles. The second-order valence-corrected chi connectivity index (χ2v) is 5.14. The molecule has 1 saturated carbocycles. The van der Waals surface area contributed by atoms with Crippen LogP contribution in [0, 0.1) is 0 Å². The van der Waals surface area contributed by atoms with E-state index in [2.05, 4.69) is 10.3 Å². The van der Waals surface area contributed by atoms with Gasteiger partial charge in [-0.1, -0.05) is 6.07 Å². The number of nitrogens with one attached hydrogen (secondary N) is 1. The van der Waals surface area contributed by atoms with Crippen LogP contribution in [0.5, 0.6) is 5.75 Å². The molecule has 1 aliphatic carbocycles. The molecule has 1 amide bonds. The fourth-order valence-corrected chi connectivity index (χ4v) is 1.95. The number of hydrogen-bond donors (Lipinski definition) is 2. The molecule has 0 heterocycles. The molecule has 1 aromatic carbocycles. The molecule has 0 aromatic heterocycles. The Morgan fingerprint density at radius 1 is 1.52 bits per heavy atom. The lowest BCUT2D eigenvalue weighted by Crippen LogP contribution is -2.36. The molecular weight excluding hydrogens is 268 g/mol. The van der Waals surface area contributed by atoms with Crippen molar-refractivity contribution in [3.05, 3.63) is 24.3 Å². The fraction of sp³-hybridized carbons (Fsp3) is 0.467. The van der Waals surface area contributed by atoms with E-state index in [0.717, 1.165) is 5.69 Å². The van der Waals surface area contributed by atoms with Crippen molar-refractivity contribution in [2.45, 2.75) is 25.8 Å². The van der Waals surface area contributed by atoms with Gasteiger partial charge in [0.25, 0.3) is 0 Å². The first kappa shape index (κ1) is 15.2. The Labute approximate surface area is 125 Å². The standard InChI is InChI=1S/C15H22N4O2/c1-11(20)18-12-4-3-5-14(10-12)21-9-8-17-15(16)19(2)13-6-7-13/h3-5,10,13H,6-9H2,1-2H3,(H2,16,17)(H,18,20). The molecule has 1 aliphatic rings. The summed E-state index contributed by atoms with van der Waals surface area (Å²) < 4.78 is 5.60. The van der Waals surface area contributed by atoms with Gasteiger partial charge in [0.1, 0.15) is 12.4 Å². The predicted molar refractivity (Wildman–Crippen MR) is 83.5 cm³/mol. The van der Waals surface area contributed by atoms with Crippen LogP contribution in [0.25, 0.3) is 0 Å². The second kappa shape index (κ2) is 6.97. The summed E-state index contributed by atoms with van der Waals surface area (Å²) in [5, 5.41) is 2.71. The number of hydrogen-bond acceptors (Lipinski definition) is 3. The molecule has 114 valence electrons. The minimum Gasteiger partial charge on any atom is -0.492 e. The van der Waals surface area contributed by atoms with Gasteiger partial charge in [-0.15, -0.1) is 0 Å². The van der Waals surface area contributed by atoms with Gasteiger partial charge in [0.05, 0.1) is 6.54 Å². The number of anilines is 1. The van der Waals surface area contributed by atoms with Crippen molar-refractivity contribution in [3.8, 4) is 5.75 Å². The lowest BCUT2D eigenvalue weighted by Gasteiger charge is -2.16. The first-order valence-corrected chi connectivity index (χ1v) is 7.09. The van der Waals surface area contributed by atoms with E-state index in [4.69, 9.17) is 10.5 Å². The largest absolute Gasteiger partial charge is 0.492 e. The van der Waals surface area contributed by atoms with Crippen LogP contribution in [-0.4, -0.2) is 43.0 Å². The Morgan fingerprint density at radius 3 is 2.95 bits per heavy atom. The molecular formula is C15H22N4O2. The van der Waals surface area contributed by atoms with Gasteiger partial charge >= 0.3 is 0 Å². The number of amides is 1. The summed E-state index contributed by atoms with van der Waals surface area (Å²) in [6, 6.07) is 7.83. The lowest BCUT2D eigenvalue weighted by atomic mass is 10.3. The maximum Gasteiger partial charge on any atom is 0.221 e.